The number of esters is 1. The van der Waals surface area contributed by atoms with Crippen molar-refractivity contribution in [2.75, 3.05) is 26.8 Å². The lowest BCUT2D eigenvalue weighted by Gasteiger charge is -2.21. The Morgan fingerprint density at radius 2 is 2.10 bits per heavy atom. The zero-order valence-electron chi connectivity index (χ0n) is 12.3. The number of carbonyl (C=O) groups excluding carboxylic acids is 1. The van der Waals surface area contributed by atoms with Crippen LogP contribution in [0.4, 0.5) is 4.39 Å². The minimum Gasteiger partial charge on any atom is -0.496 e. The van der Waals surface area contributed by atoms with Gasteiger partial charge in [0, 0.05) is 19.2 Å². The summed E-state index contributed by atoms with van der Waals surface area (Å²) in [5.74, 6) is 0.149. The standard InChI is InChI=1S/C15H20FNO4/c1-3-20-14(18)12-7-6-11(10-13(12)19-2)21-15(16)17-8-4-5-9-17/h6-7,10,15H,3-5,8-9H2,1-2H3. The third-order valence-corrected chi connectivity index (χ3v) is 3.33. The Morgan fingerprint density at radius 3 is 2.71 bits per heavy atom. The van der Waals surface area contributed by atoms with Crippen molar-refractivity contribution < 1.29 is 23.4 Å². The summed E-state index contributed by atoms with van der Waals surface area (Å²) in [6.45, 7) is 1.91. The molecule has 1 heterocycles. The molecule has 0 spiro atoms. The Morgan fingerprint density at radius 1 is 1.38 bits per heavy atom. The number of alkyl halides is 1. The fraction of sp³-hybridized carbons (Fsp3) is 0.533. The monoisotopic (exact) mass is 297 g/mol. The summed E-state index contributed by atoms with van der Waals surface area (Å²) in [4.78, 5) is 13.4. The highest BCUT2D eigenvalue weighted by Crippen LogP contribution is 2.27. The molecular weight excluding hydrogens is 277 g/mol. The lowest BCUT2D eigenvalue weighted by molar-refractivity contribution is -0.0621. The predicted molar refractivity (Wildman–Crippen MR) is 75.3 cm³/mol. The van der Waals surface area contributed by atoms with E-state index in [4.69, 9.17) is 14.2 Å². The fourth-order valence-electron chi connectivity index (χ4n) is 2.25. The first-order valence-corrected chi connectivity index (χ1v) is 7.05. The molecular formula is C15H20FNO4. The van der Waals surface area contributed by atoms with E-state index in [0.29, 0.717) is 30.2 Å². The van der Waals surface area contributed by atoms with E-state index in [2.05, 4.69) is 0 Å². The van der Waals surface area contributed by atoms with Crippen molar-refractivity contribution in [3.05, 3.63) is 23.8 Å². The molecule has 1 atom stereocenters. The largest absolute Gasteiger partial charge is 0.496 e. The second-order valence-corrected chi connectivity index (χ2v) is 4.74. The van der Waals surface area contributed by atoms with Gasteiger partial charge >= 0.3 is 5.97 Å². The second kappa shape index (κ2) is 7.26. The van der Waals surface area contributed by atoms with Gasteiger partial charge in [0.25, 0.3) is 6.48 Å². The van der Waals surface area contributed by atoms with Gasteiger partial charge in [-0.1, -0.05) is 0 Å². The van der Waals surface area contributed by atoms with Gasteiger partial charge in [-0.2, -0.15) is 4.39 Å². The molecule has 0 aromatic heterocycles. The number of hydrogen-bond donors (Lipinski definition) is 0. The third kappa shape index (κ3) is 3.85. The van der Waals surface area contributed by atoms with Crippen LogP contribution in [0.15, 0.2) is 18.2 Å². The molecule has 1 aromatic carbocycles. The molecule has 1 unspecified atom stereocenters. The van der Waals surface area contributed by atoms with E-state index in [1.807, 2.05) is 0 Å². The number of carbonyl (C=O) groups is 1. The van der Waals surface area contributed by atoms with Crippen molar-refractivity contribution in [3.63, 3.8) is 0 Å². The summed E-state index contributed by atoms with van der Waals surface area (Å²) in [7, 11) is 1.44. The molecule has 0 saturated carbocycles. The van der Waals surface area contributed by atoms with Crippen molar-refractivity contribution in [3.8, 4) is 11.5 Å². The van der Waals surface area contributed by atoms with Crippen molar-refractivity contribution in [2.45, 2.75) is 26.2 Å². The molecule has 0 radical (unpaired) electrons. The van der Waals surface area contributed by atoms with Crippen LogP contribution in [0.2, 0.25) is 0 Å². The molecule has 0 aliphatic carbocycles. The number of ether oxygens (including phenoxy) is 3. The Balaban J connectivity index is 2.09. The van der Waals surface area contributed by atoms with E-state index < -0.39 is 12.5 Å². The Hall–Kier alpha value is -1.82. The van der Waals surface area contributed by atoms with Crippen LogP contribution in [0, 0.1) is 0 Å². The number of likely N-dealkylation sites (tertiary alicyclic amines) is 1. The van der Waals surface area contributed by atoms with Gasteiger partial charge in [0.2, 0.25) is 0 Å². The highest BCUT2D eigenvalue weighted by atomic mass is 19.1. The van der Waals surface area contributed by atoms with Gasteiger partial charge < -0.3 is 14.2 Å². The fourth-order valence-corrected chi connectivity index (χ4v) is 2.25. The Bertz CT molecular complexity index is 489. The van der Waals surface area contributed by atoms with Crippen LogP contribution in [0.5, 0.6) is 11.5 Å². The van der Waals surface area contributed by atoms with E-state index in [-0.39, 0.29) is 6.61 Å². The lowest BCUT2D eigenvalue weighted by Crippen LogP contribution is -2.33. The molecule has 1 fully saturated rings. The quantitative estimate of drug-likeness (QED) is 0.596. The maximum atomic E-state index is 14.0. The van der Waals surface area contributed by atoms with Crippen LogP contribution in [-0.4, -0.2) is 44.2 Å². The van der Waals surface area contributed by atoms with Gasteiger partial charge in [-0.3, -0.25) is 0 Å². The summed E-state index contributed by atoms with van der Waals surface area (Å²) in [5.41, 5.74) is 0.295. The van der Waals surface area contributed by atoms with Crippen LogP contribution >= 0.6 is 0 Å². The molecule has 5 nitrogen and oxygen atoms in total. The van der Waals surface area contributed by atoms with Crippen LogP contribution in [-0.2, 0) is 4.74 Å². The van der Waals surface area contributed by atoms with Gasteiger partial charge in [0.05, 0.1) is 13.7 Å². The highest BCUT2D eigenvalue weighted by Gasteiger charge is 2.23. The van der Waals surface area contributed by atoms with E-state index in [0.717, 1.165) is 12.8 Å². The molecule has 0 amide bonds. The highest BCUT2D eigenvalue weighted by molar-refractivity contribution is 5.92. The Labute approximate surface area is 123 Å². The van der Waals surface area contributed by atoms with Gasteiger partial charge in [0.1, 0.15) is 17.1 Å². The first kappa shape index (κ1) is 15.6. The first-order valence-electron chi connectivity index (χ1n) is 7.05. The Kier molecular flexibility index (Phi) is 5.38. The second-order valence-electron chi connectivity index (χ2n) is 4.74. The number of rotatable bonds is 6. The molecule has 1 saturated heterocycles. The van der Waals surface area contributed by atoms with Gasteiger partial charge in [0.15, 0.2) is 0 Å². The normalized spacial score (nSPS) is 16.5. The minimum atomic E-state index is -1.48. The van der Waals surface area contributed by atoms with Crippen molar-refractivity contribution in [1.82, 2.24) is 4.90 Å². The van der Waals surface area contributed by atoms with Crippen molar-refractivity contribution >= 4 is 5.97 Å². The summed E-state index contributed by atoms with van der Waals surface area (Å²) >= 11 is 0. The average Bonchev–Trinajstić information content (AvgIpc) is 3.01. The summed E-state index contributed by atoms with van der Waals surface area (Å²) in [5, 5.41) is 0. The summed E-state index contributed by atoms with van der Waals surface area (Å²) in [6, 6.07) is 4.55. The molecule has 0 N–H and O–H groups in total. The topological polar surface area (TPSA) is 48.0 Å². The van der Waals surface area contributed by atoms with Gasteiger partial charge in [-0.15, -0.1) is 0 Å². The van der Waals surface area contributed by atoms with Crippen LogP contribution < -0.4 is 9.47 Å². The minimum absolute atomic E-state index is 0.280. The molecule has 1 aliphatic rings. The van der Waals surface area contributed by atoms with Crippen LogP contribution in [0.25, 0.3) is 0 Å². The van der Waals surface area contributed by atoms with Crippen molar-refractivity contribution in [2.24, 2.45) is 0 Å². The van der Waals surface area contributed by atoms with E-state index in [1.165, 1.54) is 25.3 Å². The smallest absolute Gasteiger partial charge is 0.341 e. The SMILES string of the molecule is CCOC(=O)c1ccc(OC(F)N2CCCC2)cc1OC. The van der Waals surface area contributed by atoms with Crippen LogP contribution in [0.1, 0.15) is 30.1 Å². The summed E-state index contributed by atoms with van der Waals surface area (Å²) in [6.07, 6.45) is 1.96. The number of hydrogen-bond acceptors (Lipinski definition) is 5. The molecule has 6 heteroatoms. The first-order chi connectivity index (χ1) is 10.2. The zero-order valence-corrected chi connectivity index (χ0v) is 12.3. The molecule has 1 aromatic rings. The van der Waals surface area contributed by atoms with Crippen molar-refractivity contribution in [1.29, 1.82) is 0 Å². The average molecular weight is 297 g/mol. The number of halogens is 1. The number of benzene rings is 1. The zero-order chi connectivity index (χ0) is 15.2. The molecule has 21 heavy (non-hydrogen) atoms. The predicted octanol–water partition coefficient (Wildman–Crippen LogP) is 2.60. The number of methoxy groups -OCH3 is 1. The molecule has 116 valence electrons. The van der Waals surface area contributed by atoms with E-state index >= 15 is 0 Å². The third-order valence-electron chi connectivity index (χ3n) is 3.33. The molecule has 0 bridgehead atoms. The van der Waals surface area contributed by atoms with Gasteiger partial charge in [-0.05, 0) is 31.9 Å². The molecule has 1 aliphatic heterocycles. The maximum Gasteiger partial charge on any atom is 0.341 e. The summed E-state index contributed by atoms with van der Waals surface area (Å²) < 4.78 is 29.3. The lowest BCUT2D eigenvalue weighted by atomic mass is 10.2. The van der Waals surface area contributed by atoms with E-state index in [1.54, 1.807) is 11.8 Å². The maximum absolute atomic E-state index is 14.0. The van der Waals surface area contributed by atoms with Gasteiger partial charge in [-0.25, -0.2) is 9.69 Å². The van der Waals surface area contributed by atoms with Crippen LogP contribution in [0.3, 0.4) is 0 Å². The van der Waals surface area contributed by atoms with E-state index in [9.17, 15) is 9.18 Å². The number of nitrogens with zero attached hydrogens (tertiary/aromatic N) is 1. The molecule has 2 rings (SSSR count).